The molecule has 9 heteroatoms. The summed E-state index contributed by atoms with van der Waals surface area (Å²) in [6, 6.07) is -0.761. The number of unbranched alkanes of at least 4 members (excludes halogenated alkanes) is 32. The molecule has 0 aromatic carbocycles. The second-order valence-electron chi connectivity index (χ2n) is 22.4. The van der Waals surface area contributed by atoms with Crippen LogP contribution in [0.25, 0.3) is 0 Å². The predicted octanol–water partition coefficient (Wildman–Crippen LogP) is 19.4. The van der Waals surface area contributed by atoms with Crippen molar-refractivity contribution in [1.29, 1.82) is 0 Å². The summed E-state index contributed by atoms with van der Waals surface area (Å²) >= 11 is 0. The van der Waals surface area contributed by atoms with Crippen LogP contribution in [0.3, 0.4) is 0 Å². The lowest BCUT2D eigenvalue weighted by Crippen LogP contribution is -2.46. The van der Waals surface area contributed by atoms with Crippen LogP contribution in [-0.2, 0) is 18.4 Å². The number of allylic oxidation sites excluding steroid dienone is 12. The van der Waals surface area contributed by atoms with Crippen LogP contribution in [0, 0.1) is 0 Å². The van der Waals surface area contributed by atoms with Crippen LogP contribution in [-0.4, -0.2) is 73.4 Å². The predicted molar refractivity (Wildman–Crippen MR) is 323 cm³/mol. The molecule has 0 bridgehead atoms. The fourth-order valence-corrected chi connectivity index (χ4v) is 9.85. The minimum atomic E-state index is -4.32. The first-order valence-electron chi connectivity index (χ1n) is 31.3. The van der Waals surface area contributed by atoms with Gasteiger partial charge in [-0.3, -0.25) is 13.8 Å². The number of aliphatic hydroxyl groups excluding tert-OH is 1. The average molecular weight is 1060 g/mol. The maximum Gasteiger partial charge on any atom is 0.472 e. The first-order chi connectivity index (χ1) is 36.0. The van der Waals surface area contributed by atoms with E-state index < -0.39 is 20.0 Å². The first-order valence-corrected chi connectivity index (χ1v) is 32.8. The second-order valence-corrected chi connectivity index (χ2v) is 23.9. The van der Waals surface area contributed by atoms with Crippen LogP contribution in [0.1, 0.15) is 284 Å². The molecule has 0 aliphatic carbocycles. The van der Waals surface area contributed by atoms with E-state index in [4.69, 9.17) is 9.05 Å². The quantitative estimate of drug-likeness (QED) is 0.0243. The van der Waals surface area contributed by atoms with Gasteiger partial charge < -0.3 is 19.8 Å². The maximum atomic E-state index is 13.0. The topological polar surface area (TPSA) is 105 Å². The zero-order valence-corrected chi connectivity index (χ0v) is 50.2. The van der Waals surface area contributed by atoms with Crippen molar-refractivity contribution in [3.8, 4) is 0 Å². The van der Waals surface area contributed by atoms with E-state index in [0.29, 0.717) is 23.9 Å². The molecule has 0 saturated carbocycles. The van der Waals surface area contributed by atoms with E-state index in [1.54, 1.807) is 0 Å². The van der Waals surface area contributed by atoms with Crippen LogP contribution in [0.5, 0.6) is 0 Å². The van der Waals surface area contributed by atoms with Crippen molar-refractivity contribution >= 4 is 13.7 Å². The Kier molecular flexibility index (Phi) is 54.1. The third-order valence-corrected chi connectivity index (χ3v) is 15.0. The highest BCUT2D eigenvalue weighted by molar-refractivity contribution is 7.47. The summed E-state index contributed by atoms with van der Waals surface area (Å²) in [7, 11) is 1.62. The number of nitrogens with one attached hydrogen (secondary N) is 1. The highest BCUT2D eigenvalue weighted by Crippen LogP contribution is 2.43. The Morgan fingerprint density at radius 3 is 1.19 bits per heavy atom. The molecule has 0 saturated heterocycles. The fourth-order valence-electron chi connectivity index (χ4n) is 9.11. The van der Waals surface area contributed by atoms with Crippen LogP contribution < -0.4 is 5.32 Å². The minimum absolute atomic E-state index is 0.0745. The zero-order valence-electron chi connectivity index (χ0n) is 49.3. The van der Waals surface area contributed by atoms with Crippen molar-refractivity contribution in [3.63, 3.8) is 0 Å². The molecular weight excluding hydrogens is 936 g/mol. The SMILES string of the molecule is CC/C=C\C/C=C\C/C=C\C/C=C\C/C=C\C/C=C\CCCCCCCCCCCCCCCCCCCCC(=O)NC(COP(=O)(O)OCC[N+](C)(C)C)C(O)CCCCCCCCCCCCCCCCC. The summed E-state index contributed by atoms with van der Waals surface area (Å²) in [5, 5.41) is 14.1. The molecule has 0 radical (unpaired) electrons. The molecule has 0 aromatic heterocycles. The first kappa shape index (κ1) is 71.9. The number of hydrogen-bond donors (Lipinski definition) is 3. The molecule has 8 nitrogen and oxygen atoms in total. The molecular formula is C65H122N2O6P+. The van der Waals surface area contributed by atoms with E-state index >= 15 is 0 Å². The lowest BCUT2D eigenvalue weighted by Gasteiger charge is -2.26. The van der Waals surface area contributed by atoms with Crippen LogP contribution in [0.15, 0.2) is 72.9 Å². The van der Waals surface area contributed by atoms with E-state index in [1.165, 1.54) is 180 Å². The Morgan fingerprint density at radius 1 is 0.473 bits per heavy atom. The van der Waals surface area contributed by atoms with Crippen molar-refractivity contribution in [2.45, 2.75) is 296 Å². The van der Waals surface area contributed by atoms with Crippen molar-refractivity contribution < 1.29 is 32.9 Å². The molecule has 0 heterocycles. The Balaban J connectivity index is 3.97. The molecule has 0 aliphatic rings. The molecule has 74 heavy (non-hydrogen) atoms. The Labute approximate surface area is 459 Å². The van der Waals surface area contributed by atoms with Gasteiger partial charge in [-0.2, -0.15) is 0 Å². The zero-order chi connectivity index (χ0) is 54.2. The number of carbonyl (C=O) groups is 1. The van der Waals surface area contributed by atoms with Crippen LogP contribution >= 0.6 is 7.82 Å². The molecule has 3 N–H and O–H groups in total. The molecule has 0 aliphatic heterocycles. The van der Waals surface area contributed by atoms with Crippen molar-refractivity contribution in [2.75, 3.05) is 40.9 Å². The van der Waals surface area contributed by atoms with Gasteiger partial charge in [0, 0.05) is 6.42 Å². The number of carbonyl (C=O) groups excluding carboxylic acids is 1. The summed E-state index contributed by atoms with van der Waals surface area (Å²) in [6.45, 7) is 4.79. The fraction of sp³-hybridized carbons (Fsp3) is 0.800. The van der Waals surface area contributed by atoms with Crippen molar-refractivity contribution in [2.24, 2.45) is 0 Å². The number of rotatable bonds is 57. The normalized spacial score (nSPS) is 14.3. The van der Waals surface area contributed by atoms with Gasteiger partial charge in [-0.05, 0) is 64.2 Å². The van der Waals surface area contributed by atoms with Gasteiger partial charge in [0.25, 0.3) is 0 Å². The number of phosphoric acid groups is 1. The Morgan fingerprint density at radius 2 is 0.811 bits per heavy atom. The second kappa shape index (κ2) is 55.7. The lowest BCUT2D eigenvalue weighted by atomic mass is 10.0. The van der Waals surface area contributed by atoms with Gasteiger partial charge in [0.1, 0.15) is 13.2 Å². The smallest absolute Gasteiger partial charge is 0.391 e. The summed E-state index contributed by atoms with van der Waals surface area (Å²) in [5.74, 6) is -0.142. The summed E-state index contributed by atoms with van der Waals surface area (Å²) in [6.07, 6.45) is 76.9. The maximum absolute atomic E-state index is 13.0. The van der Waals surface area contributed by atoms with E-state index in [1.807, 2.05) is 21.1 Å². The number of phosphoric ester groups is 1. The van der Waals surface area contributed by atoms with Gasteiger partial charge in [0.2, 0.25) is 5.91 Å². The van der Waals surface area contributed by atoms with E-state index in [9.17, 15) is 19.4 Å². The van der Waals surface area contributed by atoms with Gasteiger partial charge in [0.15, 0.2) is 0 Å². The number of quaternary nitrogens is 1. The minimum Gasteiger partial charge on any atom is -0.391 e. The van der Waals surface area contributed by atoms with Gasteiger partial charge in [-0.25, -0.2) is 4.57 Å². The van der Waals surface area contributed by atoms with Crippen LogP contribution in [0.2, 0.25) is 0 Å². The molecule has 0 aromatic rings. The van der Waals surface area contributed by atoms with Gasteiger partial charge in [0.05, 0.1) is 39.9 Å². The van der Waals surface area contributed by atoms with Crippen LogP contribution in [0.4, 0.5) is 0 Å². The third kappa shape index (κ3) is 57.6. The van der Waals surface area contributed by atoms with Gasteiger partial charge in [-0.15, -0.1) is 0 Å². The molecule has 1 amide bonds. The third-order valence-electron chi connectivity index (χ3n) is 14.0. The largest absolute Gasteiger partial charge is 0.472 e. The van der Waals surface area contributed by atoms with Crippen molar-refractivity contribution in [1.82, 2.24) is 5.32 Å². The number of hydrogen-bond acceptors (Lipinski definition) is 5. The molecule has 432 valence electrons. The molecule has 3 atom stereocenters. The summed E-state index contributed by atoms with van der Waals surface area (Å²) < 4.78 is 23.8. The highest BCUT2D eigenvalue weighted by atomic mass is 31.2. The highest BCUT2D eigenvalue weighted by Gasteiger charge is 2.28. The number of amides is 1. The average Bonchev–Trinajstić information content (AvgIpc) is 3.36. The number of nitrogens with zero attached hydrogens (tertiary/aromatic N) is 1. The van der Waals surface area contributed by atoms with E-state index in [0.717, 1.165) is 77.0 Å². The molecule has 0 rings (SSSR count). The lowest BCUT2D eigenvalue weighted by molar-refractivity contribution is -0.870. The van der Waals surface area contributed by atoms with Gasteiger partial charge >= 0.3 is 7.82 Å². The Bertz CT molecular complexity index is 1430. The molecule has 0 spiro atoms. The van der Waals surface area contributed by atoms with Gasteiger partial charge in [-0.1, -0.05) is 286 Å². The standard InChI is InChI=1S/C65H121N2O6P/c1-6-8-10-12-14-16-18-20-22-23-24-25-26-27-28-29-30-31-32-33-34-35-36-37-38-39-40-41-42-43-45-47-49-51-53-55-57-59-65(69)66-63(62-73-74(70,71)72-61-60-67(3,4)5)64(68)58-56-54-52-50-48-46-44-21-19-17-15-13-11-9-7-2/h8,10,14,16,20,22,24-25,27-28,30-31,63-64,68H,6-7,9,11-13,15,17-19,21,23,26,29,32-62H2,1-5H3,(H-,66,69,70,71)/p+1/b10-8-,16-14-,22-20-,25-24-,28-27-,31-30-. The number of aliphatic hydroxyl groups is 1. The molecule has 3 unspecified atom stereocenters. The summed E-state index contributed by atoms with van der Waals surface area (Å²) in [5.41, 5.74) is 0. The molecule has 0 fully saturated rings. The van der Waals surface area contributed by atoms with E-state index in [-0.39, 0.29) is 19.1 Å². The van der Waals surface area contributed by atoms with Crippen molar-refractivity contribution in [3.05, 3.63) is 72.9 Å². The van der Waals surface area contributed by atoms with E-state index in [2.05, 4.69) is 92.1 Å². The Hall–Kier alpha value is -2.06. The monoisotopic (exact) mass is 1060 g/mol. The summed E-state index contributed by atoms with van der Waals surface area (Å²) in [4.78, 5) is 23.4. The number of likely N-dealkylation sites (N-methyl/N-ethyl adjacent to an activating group) is 1.